The zero-order valence-corrected chi connectivity index (χ0v) is 23.1. The van der Waals surface area contributed by atoms with Crippen molar-refractivity contribution < 1.29 is 27.4 Å². The van der Waals surface area contributed by atoms with Crippen LogP contribution in [0.3, 0.4) is 0 Å². The van der Waals surface area contributed by atoms with Gasteiger partial charge in [0.05, 0.1) is 30.5 Å². The quantitative estimate of drug-likeness (QED) is 0.242. The third kappa shape index (κ3) is 6.63. The number of carbonyl (C=O) groups is 1. The van der Waals surface area contributed by atoms with Crippen molar-refractivity contribution in [2.24, 2.45) is 0 Å². The van der Waals surface area contributed by atoms with Crippen LogP contribution in [0.2, 0.25) is 5.02 Å². The summed E-state index contributed by atoms with van der Waals surface area (Å²) in [7, 11) is -1.32. The van der Waals surface area contributed by atoms with E-state index in [1.165, 1.54) is 38.5 Å². The number of halogens is 1. The Hall–Kier alpha value is -4.21. The van der Waals surface area contributed by atoms with Crippen molar-refractivity contribution in [3.63, 3.8) is 0 Å². The van der Waals surface area contributed by atoms with E-state index in [1.807, 2.05) is 25.1 Å². The zero-order valence-electron chi connectivity index (χ0n) is 21.6. The molecular formula is C29H27ClN2O6S. The number of rotatable bonds is 10. The number of sulfonamides is 1. The van der Waals surface area contributed by atoms with Crippen LogP contribution < -0.4 is 23.8 Å². The van der Waals surface area contributed by atoms with E-state index in [-0.39, 0.29) is 22.0 Å². The molecule has 0 saturated carbocycles. The van der Waals surface area contributed by atoms with Gasteiger partial charge in [-0.3, -0.25) is 9.10 Å². The summed E-state index contributed by atoms with van der Waals surface area (Å²) in [5, 5.41) is 3.11. The number of ether oxygens (including phenoxy) is 3. The number of methoxy groups -OCH3 is 2. The zero-order chi connectivity index (χ0) is 28.0. The minimum absolute atomic E-state index is 0.0154. The predicted octanol–water partition coefficient (Wildman–Crippen LogP) is 6.29. The number of carbonyl (C=O) groups excluding carboxylic acids is 1. The molecule has 0 atom stereocenters. The second-order valence-electron chi connectivity index (χ2n) is 8.47. The fraction of sp³-hybridized carbons (Fsp3) is 0.138. The maximum atomic E-state index is 13.9. The van der Waals surface area contributed by atoms with E-state index < -0.39 is 22.5 Å². The Morgan fingerprint density at radius 2 is 1.54 bits per heavy atom. The van der Waals surface area contributed by atoms with Crippen LogP contribution in [0.4, 0.5) is 11.4 Å². The van der Waals surface area contributed by atoms with Gasteiger partial charge in [0, 0.05) is 11.1 Å². The van der Waals surface area contributed by atoms with Crippen molar-refractivity contribution in [2.45, 2.75) is 11.8 Å². The molecule has 4 aromatic rings. The van der Waals surface area contributed by atoms with Gasteiger partial charge in [-0.15, -0.1) is 0 Å². The van der Waals surface area contributed by atoms with Gasteiger partial charge in [-0.2, -0.15) is 0 Å². The monoisotopic (exact) mass is 566 g/mol. The van der Waals surface area contributed by atoms with Gasteiger partial charge in [-0.25, -0.2) is 8.42 Å². The fourth-order valence-corrected chi connectivity index (χ4v) is 5.35. The van der Waals surface area contributed by atoms with Gasteiger partial charge in [0.1, 0.15) is 23.8 Å². The first-order valence-corrected chi connectivity index (χ1v) is 13.7. The largest absolute Gasteiger partial charge is 0.497 e. The second kappa shape index (κ2) is 12.1. The Labute approximate surface area is 232 Å². The lowest BCUT2D eigenvalue weighted by atomic mass is 10.2. The summed E-state index contributed by atoms with van der Waals surface area (Å²) in [5.41, 5.74) is 1.31. The van der Waals surface area contributed by atoms with Crippen LogP contribution in [0.5, 0.6) is 23.0 Å². The molecule has 4 aromatic carbocycles. The van der Waals surface area contributed by atoms with Crippen LogP contribution in [-0.2, 0) is 14.8 Å². The first kappa shape index (κ1) is 27.8. The summed E-state index contributed by atoms with van der Waals surface area (Å²) in [5.74, 6) is 0.903. The number of hydrogen-bond donors (Lipinski definition) is 1. The first-order valence-electron chi connectivity index (χ1n) is 11.8. The maximum absolute atomic E-state index is 13.9. The Balaban J connectivity index is 1.71. The highest BCUT2D eigenvalue weighted by atomic mass is 35.5. The lowest BCUT2D eigenvalue weighted by Crippen LogP contribution is -2.38. The molecule has 10 heteroatoms. The minimum atomic E-state index is -4.20. The highest BCUT2D eigenvalue weighted by Gasteiger charge is 2.30. The van der Waals surface area contributed by atoms with Crippen LogP contribution in [-0.4, -0.2) is 35.1 Å². The molecule has 0 bridgehead atoms. The lowest BCUT2D eigenvalue weighted by Gasteiger charge is -2.26. The summed E-state index contributed by atoms with van der Waals surface area (Å²) < 4.78 is 45.4. The molecule has 8 nitrogen and oxygen atoms in total. The minimum Gasteiger partial charge on any atom is -0.497 e. The van der Waals surface area contributed by atoms with E-state index in [9.17, 15) is 13.2 Å². The highest BCUT2D eigenvalue weighted by molar-refractivity contribution is 7.92. The number of anilines is 2. The molecule has 0 aliphatic rings. The molecule has 0 fully saturated rings. The molecule has 0 aromatic heterocycles. The van der Waals surface area contributed by atoms with Crippen LogP contribution >= 0.6 is 11.6 Å². The van der Waals surface area contributed by atoms with E-state index in [1.54, 1.807) is 48.5 Å². The summed E-state index contributed by atoms with van der Waals surface area (Å²) in [6.07, 6.45) is 0. The summed E-state index contributed by atoms with van der Waals surface area (Å²) in [6, 6.07) is 24.9. The van der Waals surface area contributed by atoms with Crippen LogP contribution in [0.1, 0.15) is 5.56 Å². The van der Waals surface area contributed by atoms with Crippen LogP contribution in [0.25, 0.3) is 0 Å². The van der Waals surface area contributed by atoms with Gasteiger partial charge in [0.2, 0.25) is 5.91 Å². The van der Waals surface area contributed by atoms with Gasteiger partial charge in [-0.05, 0) is 61.5 Å². The predicted molar refractivity (Wildman–Crippen MR) is 152 cm³/mol. The number of benzene rings is 4. The van der Waals surface area contributed by atoms with Crippen molar-refractivity contribution in [1.82, 2.24) is 0 Å². The average Bonchev–Trinajstić information content (AvgIpc) is 2.93. The SMILES string of the molecule is COc1ccc(OC)c(N(CC(=O)Nc2cc(Cl)ccc2Oc2ccccc2)S(=O)(=O)c2ccc(C)cc2)c1. The Morgan fingerprint density at radius 1 is 0.846 bits per heavy atom. The molecule has 0 radical (unpaired) electrons. The number of hydrogen-bond acceptors (Lipinski definition) is 6. The standard InChI is InChI=1S/C29H27ClN2O6S/c1-20-9-13-24(14-10-20)39(34,35)32(26-18-23(36-2)12-16-28(26)37-3)19-29(33)31-25-17-21(30)11-15-27(25)38-22-7-5-4-6-8-22/h4-18H,19H2,1-3H3,(H,31,33). The third-order valence-corrected chi connectivity index (χ3v) is 7.75. The van der Waals surface area contributed by atoms with E-state index >= 15 is 0 Å². The van der Waals surface area contributed by atoms with Gasteiger partial charge in [0.25, 0.3) is 10.0 Å². The lowest BCUT2D eigenvalue weighted by molar-refractivity contribution is -0.114. The average molecular weight is 567 g/mol. The third-order valence-electron chi connectivity index (χ3n) is 5.74. The molecule has 0 spiro atoms. The smallest absolute Gasteiger partial charge is 0.264 e. The van der Waals surface area contributed by atoms with Crippen molar-refractivity contribution in [1.29, 1.82) is 0 Å². The van der Waals surface area contributed by atoms with Crippen LogP contribution in [0.15, 0.2) is 95.9 Å². The Bertz CT molecular complexity index is 1560. The molecule has 0 heterocycles. The molecule has 202 valence electrons. The molecule has 39 heavy (non-hydrogen) atoms. The first-order chi connectivity index (χ1) is 18.7. The Morgan fingerprint density at radius 3 is 2.21 bits per heavy atom. The molecule has 0 saturated heterocycles. The summed E-state index contributed by atoms with van der Waals surface area (Å²) in [6.45, 7) is 1.28. The molecule has 0 aliphatic heterocycles. The van der Waals surface area contributed by atoms with E-state index in [2.05, 4.69) is 5.32 Å². The van der Waals surface area contributed by atoms with E-state index in [0.717, 1.165) is 9.87 Å². The molecule has 1 N–H and O–H groups in total. The summed E-state index contributed by atoms with van der Waals surface area (Å²) >= 11 is 6.20. The number of aryl methyl sites for hydroxylation is 1. The number of para-hydroxylation sites is 1. The molecule has 4 rings (SSSR count). The normalized spacial score (nSPS) is 11.0. The topological polar surface area (TPSA) is 94.2 Å². The molecular weight excluding hydrogens is 540 g/mol. The van der Waals surface area contributed by atoms with Crippen molar-refractivity contribution >= 4 is 38.9 Å². The van der Waals surface area contributed by atoms with E-state index in [4.69, 9.17) is 25.8 Å². The van der Waals surface area contributed by atoms with Gasteiger partial charge in [0.15, 0.2) is 5.75 Å². The van der Waals surface area contributed by atoms with Crippen molar-refractivity contribution in [2.75, 3.05) is 30.4 Å². The fourth-order valence-electron chi connectivity index (χ4n) is 3.75. The van der Waals surface area contributed by atoms with Gasteiger partial charge in [-0.1, -0.05) is 47.5 Å². The second-order valence-corrected chi connectivity index (χ2v) is 10.8. The van der Waals surface area contributed by atoms with Crippen LogP contribution in [0, 0.1) is 6.92 Å². The van der Waals surface area contributed by atoms with Crippen molar-refractivity contribution in [3.8, 4) is 23.0 Å². The van der Waals surface area contributed by atoms with Crippen molar-refractivity contribution in [3.05, 3.63) is 102 Å². The molecule has 1 amide bonds. The molecule has 0 aliphatic carbocycles. The number of amides is 1. The van der Waals surface area contributed by atoms with Gasteiger partial charge < -0.3 is 19.5 Å². The summed E-state index contributed by atoms with van der Waals surface area (Å²) in [4.78, 5) is 13.4. The maximum Gasteiger partial charge on any atom is 0.264 e. The Kier molecular flexibility index (Phi) is 8.63. The number of nitrogens with one attached hydrogen (secondary N) is 1. The number of nitrogens with zero attached hydrogens (tertiary/aromatic N) is 1. The highest BCUT2D eigenvalue weighted by Crippen LogP contribution is 2.36. The van der Waals surface area contributed by atoms with Gasteiger partial charge >= 0.3 is 0 Å². The molecule has 0 unspecified atom stereocenters. The van der Waals surface area contributed by atoms with E-state index in [0.29, 0.717) is 22.3 Å².